The lowest BCUT2D eigenvalue weighted by Crippen LogP contribution is -3.06. The van der Waals surface area contributed by atoms with Crippen LogP contribution in [-0.2, 0) is 4.84 Å². The molecular formula is C14H31NO2. The topological polar surface area (TPSA) is 36.7 Å². The van der Waals surface area contributed by atoms with Gasteiger partial charge in [0.25, 0.3) is 0 Å². The van der Waals surface area contributed by atoms with Crippen molar-refractivity contribution in [1.82, 2.24) is 0 Å². The molecule has 0 aliphatic heterocycles. The van der Waals surface area contributed by atoms with Crippen LogP contribution in [0, 0.1) is 5.21 Å². The maximum Gasteiger partial charge on any atom is 0.107 e. The van der Waals surface area contributed by atoms with Gasteiger partial charge in [0.05, 0.1) is 0 Å². The molecule has 1 N–H and O–H groups in total. The summed E-state index contributed by atoms with van der Waals surface area (Å²) in [5, 5.41) is 11.0. The summed E-state index contributed by atoms with van der Waals surface area (Å²) in [5.41, 5.74) is 0. The Labute approximate surface area is 107 Å². The molecule has 1 atom stereocenters. The maximum absolute atomic E-state index is 11.1. The zero-order chi connectivity index (χ0) is 12.8. The van der Waals surface area contributed by atoms with Crippen LogP contribution in [0.1, 0.15) is 78.1 Å². The van der Waals surface area contributed by atoms with E-state index in [1.807, 2.05) is 6.92 Å². The summed E-state index contributed by atoms with van der Waals surface area (Å²) < 4.78 is 0. The summed E-state index contributed by atoms with van der Waals surface area (Å²) in [4.78, 5) is 4.89. The third-order valence-corrected chi connectivity index (χ3v) is 3.04. The molecule has 0 radical (unpaired) electrons. The Morgan fingerprint density at radius 2 is 1.24 bits per heavy atom. The number of hydroxylamine groups is 2. The summed E-state index contributed by atoms with van der Waals surface area (Å²) in [5.74, 6) is 0. The first kappa shape index (κ1) is 16.9. The molecule has 17 heavy (non-hydrogen) atoms. The van der Waals surface area contributed by atoms with Crippen LogP contribution in [0.5, 0.6) is 0 Å². The van der Waals surface area contributed by atoms with Gasteiger partial charge in [0.15, 0.2) is 0 Å². The Morgan fingerprint density at radius 1 is 0.765 bits per heavy atom. The van der Waals surface area contributed by atoms with Gasteiger partial charge < -0.3 is 5.21 Å². The number of nitrogens with one attached hydrogen (secondary N) is 1. The second-order valence-electron chi connectivity index (χ2n) is 4.74. The van der Waals surface area contributed by atoms with Gasteiger partial charge in [-0.15, -0.1) is 0 Å². The van der Waals surface area contributed by atoms with E-state index < -0.39 is 0 Å². The van der Waals surface area contributed by atoms with Gasteiger partial charge in [-0.05, 0) is 19.8 Å². The van der Waals surface area contributed by atoms with Crippen LogP contribution in [0.3, 0.4) is 0 Å². The molecule has 1 unspecified atom stereocenters. The van der Waals surface area contributed by atoms with Crippen molar-refractivity contribution < 1.29 is 10.1 Å². The van der Waals surface area contributed by atoms with Gasteiger partial charge >= 0.3 is 0 Å². The third-order valence-electron chi connectivity index (χ3n) is 3.04. The minimum Gasteiger partial charge on any atom is -0.600 e. The molecule has 0 aromatic carbocycles. The third kappa shape index (κ3) is 13.8. The molecule has 0 rings (SSSR count). The van der Waals surface area contributed by atoms with E-state index >= 15 is 0 Å². The van der Waals surface area contributed by atoms with Gasteiger partial charge in [-0.1, -0.05) is 58.3 Å². The van der Waals surface area contributed by atoms with Crippen molar-refractivity contribution in [2.45, 2.75) is 78.1 Å². The molecule has 0 aliphatic carbocycles. The Morgan fingerprint density at radius 3 is 1.71 bits per heavy atom. The number of hydrogen-bond donors (Lipinski definition) is 1. The van der Waals surface area contributed by atoms with Crippen molar-refractivity contribution in [3.8, 4) is 0 Å². The van der Waals surface area contributed by atoms with Crippen LogP contribution in [0.15, 0.2) is 0 Å². The smallest absolute Gasteiger partial charge is 0.107 e. The molecule has 0 amide bonds. The Balaban J connectivity index is 2.98. The van der Waals surface area contributed by atoms with Crippen LogP contribution in [0.25, 0.3) is 0 Å². The molecule has 0 bridgehead atoms. The van der Waals surface area contributed by atoms with Crippen molar-refractivity contribution in [3.05, 3.63) is 5.21 Å². The largest absolute Gasteiger partial charge is 0.600 e. The predicted octanol–water partition coefficient (Wildman–Crippen LogP) is 3.24. The van der Waals surface area contributed by atoms with Gasteiger partial charge in [-0.3, -0.25) is 0 Å². The van der Waals surface area contributed by atoms with E-state index in [4.69, 9.17) is 4.84 Å². The second-order valence-corrected chi connectivity index (χ2v) is 4.74. The maximum atomic E-state index is 11.1. The van der Waals surface area contributed by atoms with Crippen LogP contribution < -0.4 is 5.23 Å². The van der Waals surface area contributed by atoms with E-state index in [-0.39, 0.29) is 5.23 Å². The van der Waals surface area contributed by atoms with Gasteiger partial charge in [-0.2, -0.15) is 0 Å². The SMILES string of the molecule is CCCCCCCCCCCC[NH+]([O-])OCC. The lowest BCUT2D eigenvalue weighted by molar-refractivity contribution is -1.05. The lowest BCUT2D eigenvalue weighted by Gasteiger charge is -2.18. The Bertz CT molecular complexity index is 142. The molecule has 0 saturated carbocycles. The average Bonchev–Trinajstić information content (AvgIpc) is 2.32. The molecule has 0 aliphatic rings. The Kier molecular flexibility index (Phi) is 13.8. The minimum absolute atomic E-state index is 0.0351. The van der Waals surface area contributed by atoms with Crippen molar-refractivity contribution in [2.75, 3.05) is 13.2 Å². The van der Waals surface area contributed by atoms with E-state index in [1.54, 1.807) is 0 Å². The molecule has 0 spiro atoms. The monoisotopic (exact) mass is 245 g/mol. The molecule has 104 valence electrons. The van der Waals surface area contributed by atoms with Gasteiger partial charge in [0.1, 0.15) is 13.2 Å². The van der Waals surface area contributed by atoms with E-state index in [1.165, 1.54) is 57.8 Å². The van der Waals surface area contributed by atoms with E-state index in [0.29, 0.717) is 13.2 Å². The number of rotatable bonds is 13. The second kappa shape index (κ2) is 13.9. The van der Waals surface area contributed by atoms with Crippen molar-refractivity contribution in [2.24, 2.45) is 0 Å². The van der Waals surface area contributed by atoms with Crippen molar-refractivity contribution in [1.29, 1.82) is 0 Å². The predicted molar refractivity (Wildman–Crippen MR) is 72.7 cm³/mol. The summed E-state index contributed by atoms with van der Waals surface area (Å²) in [6.45, 7) is 5.22. The number of unbranched alkanes of at least 4 members (excludes halogenated alkanes) is 9. The fourth-order valence-electron chi connectivity index (χ4n) is 1.99. The van der Waals surface area contributed by atoms with Gasteiger partial charge in [0, 0.05) is 0 Å². The van der Waals surface area contributed by atoms with Crippen LogP contribution in [-0.4, -0.2) is 13.2 Å². The molecule has 3 nitrogen and oxygen atoms in total. The van der Waals surface area contributed by atoms with Crippen molar-refractivity contribution >= 4 is 0 Å². The van der Waals surface area contributed by atoms with Crippen LogP contribution >= 0.6 is 0 Å². The number of hydrogen-bond acceptors (Lipinski definition) is 2. The average molecular weight is 245 g/mol. The zero-order valence-electron chi connectivity index (χ0n) is 11.8. The van der Waals surface area contributed by atoms with E-state index in [2.05, 4.69) is 6.92 Å². The molecule has 0 aromatic rings. The van der Waals surface area contributed by atoms with E-state index in [9.17, 15) is 5.21 Å². The highest BCUT2D eigenvalue weighted by atomic mass is 16.9. The molecule has 0 heterocycles. The minimum atomic E-state index is -0.0351. The number of quaternary nitrogens is 1. The summed E-state index contributed by atoms with van der Waals surface area (Å²) >= 11 is 0. The summed E-state index contributed by atoms with van der Waals surface area (Å²) in [7, 11) is 0. The molecule has 0 saturated heterocycles. The van der Waals surface area contributed by atoms with Crippen LogP contribution in [0.4, 0.5) is 0 Å². The Hall–Kier alpha value is -0.120. The molecular weight excluding hydrogens is 214 g/mol. The standard InChI is InChI=1S/C14H31NO2/c1-3-5-6-7-8-9-10-11-12-13-14-15(16)17-4-2/h15H,3-14H2,1-2H3. The lowest BCUT2D eigenvalue weighted by atomic mass is 10.1. The summed E-state index contributed by atoms with van der Waals surface area (Å²) in [6, 6.07) is 0. The fraction of sp³-hybridized carbons (Fsp3) is 1.00. The highest BCUT2D eigenvalue weighted by molar-refractivity contribution is 4.46. The van der Waals surface area contributed by atoms with Gasteiger partial charge in [-0.25, -0.2) is 10.1 Å². The highest BCUT2D eigenvalue weighted by Crippen LogP contribution is 2.09. The fourth-order valence-corrected chi connectivity index (χ4v) is 1.99. The first-order chi connectivity index (χ1) is 8.31. The van der Waals surface area contributed by atoms with E-state index in [0.717, 1.165) is 6.42 Å². The summed E-state index contributed by atoms with van der Waals surface area (Å²) in [6.07, 6.45) is 13.0. The van der Waals surface area contributed by atoms with Gasteiger partial charge in [0.2, 0.25) is 0 Å². The zero-order valence-corrected chi connectivity index (χ0v) is 11.8. The normalized spacial score (nSPS) is 12.9. The molecule has 0 aromatic heterocycles. The highest BCUT2D eigenvalue weighted by Gasteiger charge is 1.97. The van der Waals surface area contributed by atoms with Crippen LogP contribution in [0.2, 0.25) is 0 Å². The molecule has 0 fully saturated rings. The first-order valence-electron chi connectivity index (χ1n) is 7.46. The first-order valence-corrected chi connectivity index (χ1v) is 7.46. The quantitative estimate of drug-likeness (QED) is 0.399. The van der Waals surface area contributed by atoms with Crippen molar-refractivity contribution in [3.63, 3.8) is 0 Å². The molecule has 3 heteroatoms.